The van der Waals surface area contributed by atoms with Crippen molar-refractivity contribution in [2.24, 2.45) is 0 Å². The summed E-state index contributed by atoms with van der Waals surface area (Å²) in [6.07, 6.45) is 1.81. The molecule has 0 saturated carbocycles. The van der Waals surface area contributed by atoms with Gasteiger partial charge in [-0.3, -0.25) is 9.36 Å². The summed E-state index contributed by atoms with van der Waals surface area (Å²) in [6.45, 7) is 4.41. The van der Waals surface area contributed by atoms with Gasteiger partial charge in [-0.2, -0.15) is 0 Å². The van der Waals surface area contributed by atoms with Gasteiger partial charge in [-0.15, -0.1) is 16.8 Å². The van der Waals surface area contributed by atoms with Crippen molar-refractivity contribution in [1.29, 1.82) is 0 Å². The number of aromatic amines is 1. The fraction of sp³-hybridized carbons (Fsp3) is 0.100. The molecule has 6 nitrogen and oxygen atoms in total. The number of thioether (sulfide) groups is 1. The molecule has 2 aromatic carbocycles. The molecule has 28 heavy (non-hydrogen) atoms. The third kappa shape index (κ3) is 3.72. The van der Waals surface area contributed by atoms with Crippen molar-refractivity contribution in [2.75, 3.05) is 0 Å². The molecule has 8 heteroatoms. The van der Waals surface area contributed by atoms with Crippen LogP contribution in [0.1, 0.15) is 5.82 Å². The van der Waals surface area contributed by atoms with Crippen molar-refractivity contribution in [3.63, 3.8) is 0 Å². The van der Waals surface area contributed by atoms with E-state index in [2.05, 4.69) is 26.7 Å². The van der Waals surface area contributed by atoms with E-state index in [9.17, 15) is 4.79 Å². The Bertz CT molecular complexity index is 1200. The first-order valence-electron chi connectivity index (χ1n) is 8.56. The minimum Gasteiger partial charge on any atom is -0.309 e. The van der Waals surface area contributed by atoms with E-state index in [1.54, 1.807) is 24.3 Å². The lowest BCUT2D eigenvalue weighted by Crippen LogP contribution is -2.11. The molecule has 0 fully saturated rings. The number of hydrogen-bond donors (Lipinski definition) is 1. The third-order valence-electron chi connectivity index (χ3n) is 4.11. The van der Waals surface area contributed by atoms with Gasteiger partial charge in [-0.05, 0) is 18.2 Å². The summed E-state index contributed by atoms with van der Waals surface area (Å²) in [5.74, 6) is 1.80. The van der Waals surface area contributed by atoms with Crippen molar-refractivity contribution in [1.82, 2.24) is 24.7 Å². The van der Waals surface area contributed by atoms with Crippen LogP contribution in [0.25, 0.3) is 22.3 Å². The van der Waals surface area contributed by atoms with Crippen LogP contribution in [0.5, 0.6) is 0 Å². The zero-order valence-corrected chi connectivity index (χ0v) is 16.4. The zero-order chi connectivity index (χ0) is 19.5. The molecule has 140 valence electrons. The van der Waals surface area contributed by atoms with Crippen molar-refractivity contribution in [2.45, 2.75) is 17.5 Å². The lowest BCUT2D eigenvalue weighted by Gasteiger charge is -2.08. The molecule has 0 aliphatic carbocycles. The molecule has 0 aliphatic heterocycles. The van der Waals surface area contributed by atoms with Crippen LogP contribution in [0.15, 0.2) is 71.1 Å². The fourth-order valence-electron chi connectivity index (χ4n) is 2.85. The smallest absolute Gasteiger partial charge is 0.258 e. The number of aromatic nitrogens is 5. The fourth-order valence-corrected chi connectivity index (χ4v) is 3.84. The SMILES string of the molecule is C=CCn1c(SCc2nc3ccc(Cl)cc3c(=O)[nH]2)nnc1-c1ccccc1. The molecule has 0 bridgehead atoms. The number of fused-ring (bicyclic) bond motifs is 1. The molecule has 4 rings (SSSR count). The molecular formula is C20H16ClN5OS. The average Bonchev–Trinajstić information content (AvgIpc) is 3.10. The average molecular weight is 410 g/mol. The molecule has 0 saturated heterocycles. The highest BCUT2D eigenvalue weighted by Gasteiger charge is 2.14. The number of H-pyrrole nitrogens is 1. The van der Waals surface area contributed by atoms with Gasteiger partial charge in [0.05, 0.1) is 16.7 Å². The normalized spacial score (nSPS) is 11.0. The number of hydrogen-bond acceptors (Lipinski definition) is 5. The molecule has 2 aromatic heterocycles. The summed E-state index contributed by atoms with van der Waals surface area (Å²) < 4.78 is 1.99. The number of nitrogens with zero attached hydrogens (tertiary/aromatic N) is 4. The highest BCUT2D eigenvalue weighted by atomic mass is 35.5. The first-order valence-corrected chi connectivity index (χ1v) is 9.93. The Balaban J connectivity index is 1.62. The molecule has 1 N–H and O–H groups in total. The number of halogens is 1. The highest BCUT2D eigenvalue weighted by molar-refractivity contribution is 7.98. The minimum atomic E-state index is -0.208. The molecule has 0 aliphatic rings. The van der Waals surface area contributed by atoms with Crippen LogP contribution in [0.4, 0.5) is 0 Å². The van der Waals surface area contributed by atoms with Crippen molar-refractivity contribution < 1.29 is 0 Å². The maximum Gasteiger partial charge on any atom is 0.258 e. The molecule has 0 unspecified atom stereocenters. The number of rotatable bonds is 6. The molecule has 0 amide bonds. The van der Waals surface area contributed by atoms with E-state index in [0.717, 1.165) is 16.5 Å². The molecule has 0 spiro atoms. The number of allylic oxidation sites excluding steroid dienone is 1. The summed E-state index contributed by atoms with van der Waals surface area (Å²) in [6, 6.07) is 15.0. The van der Waals surface area contributed by atoms with Crippen molar-refractivity contribution >= 4 is 34.3 Å². The van der Waals surface area contributed by atoms with Crippen molar-refractivity contribution in [3.05, 3.63) is 82.4 Å². The van der Waals surface area contributed by atoms with Gasteiger partial charge < -0.3 is 4.98 Å². The molecule has 4 aromatic rings. The molecule has 2 heterocycles. The Morgan fingerprint density at radius 3 is 2.79 bits per heavy atom. The number of benzene rings is 2. The van der Waals surface area contributed by atoms with Gasteiger partial charge >= 0.3 is 0 Å². The van der Waals surface area contributed by atoms with Gasteiger partial charge in [0.25, 0.3) is 5.56 Å². The quantitative estimate of drug-likeness (QED) is 0.379. The van der Waals surface area contributed by atoms with Crippen LogP contribution in [-0.4, -0.2) is 24.7 Å². The van der Waals surface area contributed by atoms with Crippen LogP contribution in [0.3, 0.4) is 0 Å². The van der Waals surface area contributed by atoms with E-state index in [-0.39, 0.29) is 5.56 Å². The lowest BCUT2D eigenvalue weighted by atomic mass is 10.2. The maximum atomic E-state index is 12.3. The van der Waals surface area contributed by atoms with E-state index < -0.39 is 0 Å². The zero-order valence-electron chi connectivity index (χ0n) is 14.8. The molecule has 0 radical (unpaired) electrons. The second-order valence-electron chi connectivity index (χ2n) is 6.03. The summed E-state index contributed by atoms with van der Waals surface area (Å²) in [7, 11) is 0. The Kier molecular flexibility index (Phi) is 5.27. The molecule has 0 atom stereocenters. The molecular weight excluding hydrogens is 394 g/mol. The summed E-state index contributed by atoms with van der Waals surface area (Å²) in [4.78, 5) is 19.6. The maximum absolute atomic E-state index is 12.3. The Morgan fingerprint density at radius 2 is 2.00 bits per heavy atom. The van der Waals surface area contributed by atoms with E-state index in [1.165, 1.54) is 11.8 Å². The Morgan fingerprint density at radius 1 is 1.18 bits per heavy atom. The van der Waals surface area contributed by atoms with Gasteiger partial charge in [0.2, 0.25) is 0 Å². The minimum absolute atomic E-state index is 0.208. The highest BCUT2D eigenvalue weighted by Crippen LogP contribution is 2.26. The largest absolute Gasteiger partial charge is 0.309 e. The van der Waals surface area contributed by atoms with Gasteiger partial charge in [-0.1, -0.05) is 59.8 Å². The predicted molar refractivity (Wildman–Crippen MR) is 113 cm³/mol. The predicted octanol–water partition coefficient (Wildman–Crippen LogP) is 4.31. The topological polar surface area (TPSA) is 76.5 Å². The van der Waals surface area contributed by atoms with Crippen LogP contribution in [-0.2, 0) is 12.3 Å². The van der Waals surface area contributed by atoms with Crippen LogP contribution >= 0.6 is 23.4 Å². The summed E-state index contributed by atoms with van der Waals surface area (Å²) in [5.41, 5.74) is 1.39. The first kappa shape index (κ1) is 18.5. The van der Waals surface area contributed by atoms with E-state index in [0.29, 0.717) is 34.0 Å². The third-order valence-corrected chi connectivity index (χ3v) is 5.33. The van der Waals surface area contributed by atoms with Crippen molar-refractivity contribution in [3.8, 4) is 11.4 Å². The van der Waals surface area contributed by atoms with Crippen LogP contribution in [0, 0.1) is 0 Å². The first-order chi connectivity index (χ1) is 13.7. The second-order valence-corrected chi connectivity index (χ2v) is 7.41. The Hall–Kier alpha value is -2.90. The number of nitrogens with one attached hydrogen (secondary N) is 1. The van der Waals surface area contributed by atoms with E-state index >= 15 is 0 Å². The summed E-state index contributed by atoms with van der Waals surface area (Å²) in [5, 5.41) is 10.4. The second kappa shape index (κ2) is 8.00. The van der Waals surface area contributed by atoms with Crippen LogP contribution in [0.2, 0.25) is 5.02 Å². The van der Waals surface area contributed by atoms with E-state index in [1.807, 2.05) is 34.9 Å². The summed E-state index contributed by atoms with van der Waals surface area (Å²) >= 11 is 7.42. The van der Waals surface area contributed by atoms with Gasteiger partial charge in [-0.25, -0.2) is 4.98 Å². The van der Waals surface area contributed by atoms with Gasteiger partial charge in [0.1, 0.15) is 5.82 Å². The Labute approximate surface area is 170 Å². The lowest BCUT2D eigenvalue weighted by molar-refractivity contribution is 0.730. The van der Waals surface area contributed by atoms with Crippen LogP contribution < -0.4 is 5.56 Å². The van der Waals surface area contributed by atoms with Gasteiger partial charge in [0, 0.05) is 17.1 Å². The van der Waals surface area contributed by atoms with E-state index in [4.69, 9.17) is 11.6 Å². The standard InChI is InChI=1S/C20H16ClN5OS/c1-2-10-26-18(13-6-4-3-5-7-13)24-25-20(26)28-12-17-22-16-9-8-14(21)11-15(16)19(27)23-17/h2-9,11H,1,10,12H2,(H,22,23,27). The van der Waals surface area contributed by atoms with Gasteiger partial charge in [0.15, 0.2) is 11.0 Å². The monoisotopic (exact) mass is 409 g/mol.